The summed E-state index contributed by atoms with van der Waals surface area (Å²) in [4.78, 5) is 25.3. The van der Waals surface area contributed by atoms with Crippen LogP contribution >= 0.6 is 11.3 Å². The van der Waals surface area contributed by atoms with E-state index in [2.05, 4.69) is 15.5 Å². The number of rotatable bonds is 6. The summed E-state index contributed by atoms with van der Waals surface area (Å²) in [5.41, 5.74) is -0.382. The molecule has 2 saturated heterocycles. The van der Waals surface area contributed by atoms with Crippen LogP contribution in [0.5, 0.6) is 0 Å². The molecule has 2 fully saturated rings. The van der Waals surface area contributed by atoms with Gasteiger partial charge in [-0.25, -0.2) is 4.79 Å². The van der Waals surface area contributed by atoms with Crippen molar-refractivity contribution in [3.8, 4) is 0 Å². The van der Waals surface area contributed by atoms with Gasteiger partial charge in [-0.3, -0.25) is 15.0 Å². The molecule has 0 aliphatic carbocycles. The lowest BCUT2D eigenvalue weighted by molar-refractivity contribution is -0.380. The largest absolute Gasteiger partial charge is 0.377 e. The number of thiophene rings is 1. The molecule has 2 aliphatic heterocycles. The summed E-state index contributed by atoms with van der Waals surface area (Å²) < 4.78 is 12.1. The van der Waals surface area contributed by atoms with Gasteiger partial charge in [0.05, 0.1) is 24.2 Å². The second-order valence-electron chi connectivity index (χ2n) is 6.96. The number of hydrogen-bond donors (Lipinski definition) is 2. The minimum absolute atomic E-state index is 0.0287. The SMILES string of the molecule is CCNC(=O)NCC1CCC2(COCCN(Cc3ccc([N+](=O)[O-])s3)C2)O1. The van der Waals surface area contributed by atoms with Crippen LogP contribution in [-0.2, 0) is 16.0 Å². The molecule has 0 saturated carbocycles. The molecule has 2 unspecified atom stereocenters. The smallest absolute Gasteiger partial charge is 0.324 e. The van der Waals surface area contributed by atoms with Crippen molar-refractivity contribution in [1.82, 2.24) is 15.5 Å². The topological polar surface area (TPSA) is 106 Å². The van der Waals surface area contributed by atoms with Gasteiger partial charge in [0, 0.05) is 43.7 Å². The highest BCUT2D eigenvalue weighted by Crippen LogP contribution is 2.34. The number of carbonyl (C=O) groups excluding carboxylic acids is 1. The van der Waals surface area contributed by atoms with Crippen LogP contribution in [0.2, 0.25) is 0 Å². The third-order valence-electron chi connectivity index (χ3n) is 4.80. The molecule has 10 heteroatoms. The van der Waals surface area contributed by atoms with Gasteiger partial charge in [0.2, 0.25) is 0 Å². The highest BCUT2D eigenvalue weighted by Gasteiger charge is 2.43. The van der Waals surface area contributed by atoms with Crippen LogP contribution in [0.1, 0.15) is 24.6 Å². The average molecular weight is 398 g/mol. The van der Waals surface area contributed by atoms with E-state index < -0.39 is 0 Å². The van der Waals surface area contributed by atoms with Crippen molar-refractivity contribution in [2.24, 2.45) is 0 Å². The number of nitrogens with zero attached hydrogens (tertiary/aromatic N) is 2. The Bertz CT molecular complexity index is 670. The van der Waals surface area contributed by atoms with Crippen molar-refractivity contribution < 1.29 is 19.2 Å². The maximum Gasteiger partial charge on any atom is 0.324 e. The van der Waals surface area contributed by atoms with E-state index >= 15 is 0 Å². The van der Waals surface area contributed by atoms with Crippen LogP contribution in [0.3, 0.4) is 0 Å². The van der Waals surface area contributed by atoms with E-state index in [1.807, 2.05) is 13.0 Å². The van der Waals surface area contributed by atoms with E-state index in [0.717, 1.165) is 30.8 Å². The molecule has 2 N–H and O–H groups in total. The Morgan fingerprint density at radius 3 is 3.07 bits per heavy atom. The first-order valence-electron chi connectivity index (χ1n) is 9.22. The van der Waals surface area contributed by atoms with Crippen LogP contribution in [-0.4, -0.2) is 67.0 Å². The zero-order valence-electron chi connectivity index (χ0n) is 15.4. The average Bonchev–Trinajstić information content (AvgIpc) is 3.19. The Labute approximate surface area is 162 Å². The van der Waals surface area contributed by atoms with Gasteiger partial charge in [0.15, 0.2) is 0 Å². The number of carbonyl (C=O) groups is 1. The van der Waals surface area contributed by atoms with Gasteiger partial charge >= 0.3 is 11.0 Å². The van der Waals surface area contributed by atoms with Crippen LogP contribution in [0, 0.1) is 10.1 Å². The fraction of sp³-hybridized carbons (Fsp3) is 0.706. The lowest BCUT2D eigenvalue weighted by atomic mass is 10.00. The van der Waals surface area contributed by atoms with E-state index in [1.165, 1.54) is 11.3 Å². The van der Waals surface area contributed by atoms with Gasteiger partial charge in [-0.1, -0.05) is 11.3 Å². The maximum atomic E-state index is 11.6. The Hall–Kier alpha value is -1.75. The molecule has 0 aromatic carbocycles. The molecule has 2 amide bonds. The first kappa shape index (κ1) is 20.0. The molecular formula is C17H26N4O5S. The van der Waals surface area contributed by atoms with Gasteiger partial charge in [0.1, 0.15) is 5.60 Å². The van der Waals surface area contributed by atoms with Crippen LogP contribution < -0.4 is 10.6 Å². The molecule has 1 spiro atoms. The molecule has 0 radical (unpaired) electrons. The van der Waals surface area contributed by atoms with Crippen LogP contribution in [0.25, 0.3) is 0 Å². The normalized spacial score (nSPS) is 26.0. The van der Waals surface area contributed by atoms with E-state index in [4.69, 9.17) is 9.47 Å². The van der Waals surface area contributed by atoms with Gasteiger partial charge in [-0.05, 0) is 25.8 Å². The lowest BCUT2D eigenvalue weighted by Crippen LogP contribution is -2.45. The molecule has 0 bridgehead atoms. The standard InChI is InChI=1S/C17H26N4O5S/c1-2-18-16(22)19-9-13-5-6-17(26-13)11-20(7-8-25-12-17)10-14-3-4-15(27-14)21(23)24/h3-4,13H,2,5-12H2,1H3,(H2,18,19,22). The molecule has 150 valence electrons. The monoisotopic (exact) mass is 398 g/mol. The van der Waals surface area contributed by atoms with Crippen LogP contribution in [0.15, 0.2) is 12.1 Å². The summed E-state index contributed by atoms with van der Waals surface area (Å²) >= 11 is 1.21. The van der Waals surface area contributed by atoms with Crippen molar-refractivity contribution >= 4 is 22.4 Å². The zero-order chi connectivity index (χ0) is 19.3. The highest BCUT2D eigenvalue weighted by molar-refractivity contribution is 7.15. The van der Waals surface area contributed by atoms with Gasteiger partial charge in [-0.15, -0.1) is 0 Å². The molecule has 1 aromatic heterocycles. The first-order chi connectivity index (χ1) is 13.0. The highest BCUT2D eigenvalue weighted by atomic mass is 32.1. The molecule has 27 heavy (non-hydrogen) atoms. The quantitative estimate of drug-likeness (QED) is 0.558. The van der Waals surface area contributed by atoms with Gasteiger partial charge in [0.25, 0.3) is 0 Å². The summed E-state index contributed by atoms with van der Waals surface area (Å²) in [5.74, 6) is 0. The Balaban J connectivity index is 1.55. The summed E-state index contributed by atoms with van der Waals surface area (Å²) in [6, 6.07) is 3.19. The molecule has 1 aromatic rings. The number of nitrogens with one attached hydrogen (secondary N) is 2. The van der Waals surface area contributed by atoms with Crippen LogP contribution in [0.4, 0.5) is 9.80 Å². The third kappa shape index (κ3) is 5.38. The first-order valence-corrected chi connectivity index (χ1v) is 10.0. The van der Waals surface area contributed by atoms with Crippen molar-refractivity contribution in [3.05, 3.63) is 27.1 Å². The van der Waals surface area contributed by atoms with Crippen molar-refractivity contribution in [2.45, 2.75) is 38.0 Å². The number of ether oxygens (including phenoxy) is 2. The van der Waals surface area contributed by atoms with Crippen molar-refractivity contribution in [3.63, 3.8) is 0 Å². The summed E-state index contributed by atoms with van der Waals surface area (Å²) in [5, 5.41) is 16.6. The summed E-state index contributed by atoms with van der Waals surface area (Å²) in [7, 11) is 0. The second kappa shape index (κ2) is 8.96. The fourth-order valence-corrected chi connectivity index (χ4v) is 4.44. The minimum Gasteiger partial charge on any atom is -0.377 e. The lowest BCUT2D eigenvalue weighted by Gasteiger charge is -2.31. The van der Waals surface area contributed by atoms with Crippen molar-refractivity contribution in [1.29, 1.82) is 0 Å². The molecule has 2 atom stereocenters. The Kier molecular flexibility index (Phi) is 6.64. The predicted molar refractivity (Wildman–Crippen MR) is 101 cm³/mol. The van der Waals surface area contributed by atoms with E-state index in [0.29, 0.717) is 32.8 Å². The number of urea groups is 1. The van der Waals surface area contributed by atoms with E-state index in [1.54, 1.807) is 6.07 Å². The fourth-order valence-electron chi connectivity index (χ4n) is 3.58. The van der Waals surface area contributed by atoms with Gasteiger partial charge < -0.3 is 20.1 Å². The second-order valence-corrected chi connectivity index (χ2v) is 8.11. The van der Waals surface area contributed by atoms with E-state index in [9.17, 15) is 14.9 Å². The van der Waals surface area contributed by atoms with Gasteiger partial charge in [-0.2, -0.15) is 0 Å². The Morgan fingerprint density at radius 2 is 2.33 bits per heavy atom. The van der Waals surface area contributed by atoms with Crippen molar-refractivity contribution in [2.75, 3.05) is 39.4 Å². The Morgan fingerprint density at radius 1 is 1.48 bits per heavy atom. The molecule has 3 heterocycles. The predicted octanol–water partition coefficient (Wildman–Crippen LogP) is 1.73. The zero-order valence-corrected chi connectivity index (χ0v) is 16.3. The summed E-state index contributed by atoms with van der Waals surface area (Å²) in [6.45, 7) is 6.21. The number of hydrogen-bond acceptors (Lipinski definition) is 7. The maximum absolute atomic E-state index is 11.6. The molecule has 2 aliphatic rings. The number of amides is 2. The molecule has 3 rings (SSSR count). The number of nitro groups is 1. The molecule has 9 nitrogen and oxygen atoms in total. The minimum atomic E-state index is -0.382. The third-order valence-corrected chi connectivity index (χ3v) is 5.82. The molecular weight excluding hydrogens is 372 g/mol. The summed E-state index contributed by atoms with van der Waals surface area (Å²) in [6.07, 6.45) is 1.71. The van der Waals surface area contributed by atoms with E-state index in [-0.39, 0.29) is 27.7 Å².